The van der Waals surface area contributed by atoms with Gasteiger partial charge >= 0.3 is 0 Å². The van der Waals surface area contributed by atoms with Crippen LogP contribution in [0.25, 0.3) is 0 Å². The van der Waals surface area contributed by atoms with Gasteiger partial charge in [-0.25, -0.2) is 8.78 Å². The fourth-order valence-electron chi connectivity index (χ4n) is 2.76. The SMILES string of the molecule is C[N+]1(CC2(O)CCC(F)(F)CC2)CCC1Cl. The molecule has 16 heavy (non-hydrogen) atoms. The van der Waals surface area contributed by atoms with Gasteiger partial charge in [-0.15, -0.1) is 0 Å². The third-order valence-corrected chi connectivity index (χ3v) is 4.81. The Balaban J connectivity index is 1.95. The third kappa shape index (κ3) is 2.34. The van der Waals surface area contributed by atoms with Gasteiger partial charge < -0.3 is 9.59 Å². The van der Waals surface area contributed by atoms with E-state index in [0.29, 0.717) is 11.0 Å². The van der Waals surface area contributed by atoms with Crippen LogP contribution < -0.4 is 0 Å². The molecule has 94 valence electrons. The molecule has 1 saturated heterocycles. The predicted octanol–water partition coefficient (Wildman–Crippen LogP) is 2.34. The first-order valence-corrected chi connectivity index (χ1v) is 6.27. The normalized spacial score (nSPS) is 41.4. The van der Waals surface area contributed by atoms with Gasteiger partial charge in [-0.1, -0.05) is 11.6 Å². The number of rotatable bonds is 2. The zero-order valence-corrected chi connectivity index (χ0v) is 10.3. The summed E-state index contributed by atoms with van der Waals surface area (Å²) in [5.74, 6) is -2.58. The molecule has 0 amide bonds. The lowest BCUT2D eigenvalue weighted by Gasteiger charge is -2.51. The number of nitrogens with zero attached hydrogens (tertiary/aromatic N) is 1. The molecular formula is C11H19ClF2NO+. The Morgan fingerprint density at radius 1 is 1.31 bits per heavy atom. The van der Waals surface area contributed by atoms with Gasteiger partial charge in [-0.2, -0.15) is 0 Å². The minimum absolute atomic E-state index is 0.0338. The summed E-state index contributed by atoms with van der Waals surface area (Å²) in [6.07, 6.45) is 0.937. The zero-order chi connectivity index (χ0) is 12.0. The highest BCUT2D eigenvalue weighted by molar-refractivity contribution is 6.19. The van der Waals surface area contributed by atoms with Crippen molar-refractivity contribution in [2.75, 3.05) is 20.1 Å². The molecule has 2 aliphatic rings. The van der Waals surface area contributed by atoms with E-state index in [1.165, 1.54) is 0 Å². The summed E-state index contributed by atoms with van der Waals surface area (Å²) < 4.78 is 26.6. The number of alkyl halides is 3. The van der Waals surface area contributed by atoms with E-state index < -0.39 is 11.5 Å². The van der Waals surface area contributed by atoms with Crippen molar-refractivity contribution in [3.63, 3.8) is 0 Å². The van der Waals surface area contributed by atoms with Crippen molar-refractivity contribution in [1.29, 1.82) is 0 Å². The van der Waals surface area contributed by atoms with Gasteiger partial charge in [-0.3, -0.25) is 0 Å². The fourth-order valence-corrected chi connectivity index (χ4v) is 3.02. The van der Waals surface area contributed by atoms with Gasteiger partial charge in [0, 0.05) is 12.8 Å². The predicted molar refractivity (Wildman–Crippen MR) is 58.5 cm³/mol. The van der Waals surface area contributed by atoms with Crippen molar-refractivity contribution in [3.8, 4) is 0 Å². The van der Waals surface area contributed by atoms with Crippen LogP contribution >= 0.6 is 11.6 Å². The molecule has 5 heteroatoms. The van der Waals surface area contributed by atoms with E-state index in [1.54, 1.807) is 0 Å². The highest BCUT2D eigenvalue weighted by Crippen LogP contribution is 2.41. The number of quaternary nitrogens is 1. The largest absolute Gasteiger partial charge is 0.384 e. The van der Waals surface area contributed by atoms with E-state index in [2.05, 4.69) is 0 Å². The van der Waals surface area contributed by atoms with Gasteiger partial charge in [0.1, 0.15) is 12.1 Å². The fraction of sp³-hybridized carbons (Fsp3) is 1.00. The summed E-state index contributed by atoms with van der Waals surface area (Å²) in [7, 11) is 1.99. The van der Waals surface area contributed by atoms with Crippen LogP contribution in [0.1, 0.15) is 32.1 Å². The van der Waals surface area contributed by atoms with Gasteiger partial charge in [-0.05, 0) is 12.8 Å². The molecule has 2 rings (SSSR count). The molecule has 1 aliphatic carbocycles. The summed E-state index contributed by atoms with van der Waals surface area (Å²) in [6.45, 7) is 1.45. The Morgan fingerprint density at radius 3 is 2.25 bits per heavy atom. The van der Waals surface area contributed by atoms with Gasteiger partial charge in [0.2, 0.25) is 5.92 Å². The number of likely N-dealkylation sites (N-methyl/N-ethyl adjacent to an activating group) is 1. The lowest BCUT2D eigenvalue weighted by molar-refractivity contribution is -0.964. The van der Waals surface area contributed by atoms with Gasteiger partial charge in [0.05, 0.1) is 20.0 Å². The second-order valence-electron chi connectivity index (χ2n) is 5.66. The average Bonchev–Trinajstić information content (AvgIpc) is 2.21. The lowest BCUT2D eigenvalue weighted by Crippen LogP contribution is -2.65. The first-order chi connectivity index (χ1) is 7.25. The summed E-state index contributed by atoms with van der Waals surface area (Å²) in [4.78, 5) is 0. The molecule has 2 unspecified atom stereocenters. The average molecular weight is 255 g/mol. The highest BCUT2D eigenvalue weighted by Gasteiger charge is 2.50. The minimum Gasteiger partial charge on any atom is -0.384 e. The molecular weight excluding hydrogens is 236 g/mol. The highest BCUT2D eigenvalue weighted by atomic mass is 35.5. The first-order valence-electron chi connectivity index (χ1n) is 5.83. The van der Waals surface area contributed by atoms with Crippen LogP contribution in [0.15, 0.2) is 0 Å². The van der Waals surface area contributed by atoms with E-state index in [4.69, 9.17) is 11.6 Å². The van der Waals surface area contributed by atoms with E-state index in [1.807, 2.05) is 7.05 Å². The van der Waals surface area contributed by atoms with E-state index in [0.717, 1.165) is 13.0 Å². The smallest absolute Gasteiger partial charge is 0.248 e. The number of aliphatic hydroxyl groups is 1. The molecule has 1 N–H and O–H groups in total. The molecule has 2 atom stereocenters. The molecule has 2 fully saturated rings. The van der Waals surface area contributed by atoms with Crippen molar-refractivity contribution < 1.29 is 18.4 Å². The molecule has 0 aromatic carbocycles. The second-order valence-corrected chi connectivity index (χ2v) is 6.17. The molecule has 0 spiro atoms. The Labute approximate surface area is 99.8 Å². The molecule has 0 aromatic heterocycles. The first kappa shape index (κ1) is 12.5. The van der Waals surface area contributed by atoms with Crippen molar-refractivity contribution in [2.45, 2.75) is 49.1 Å². The van der Waals surface area contributed by atoms with E-state index >= 15 is 0 Å². The molecule has 1 saturated carbocycles. The lowest BCUT2D eigenvalue weighted by atomic mass is 9.81. The van der Waals surface area contributed by atoms with Gasteiger partial charge in [0.25, 0.3) is 0 Å². The number of likely N-dealkylation sites (tertiary alicyclic amines) is 1. The van der Waals surface area contributed by atoms with Crippen LogP contribution in [0.4, 0.5) is 8.78 Å². The maximum atomic E-state index is 13.0. The second kappa shape index (κ2) is 3.79. The van der Waals surface area contributed by atoms with Crippen molar-refractivity contribution in [2.24, 2.45) is 0 Å². The molecule has 0 radical (unpaired) electrons. The summed E-state index contributed by atoms with van der Waals surface area (Å²) in [5, 5.41) is 10.3. The maximum Gasteiger partial charge on any atom is 0.248 e. The maximum absolute atomic E-state index is 13.0. The van der Waals surface area contributed by atoms with Crippen LogP contribution in [0.5, 0.6) is 0 Å². The summed E-state index contributed by atoms with van der Waals surface area (Å²) in [5.41, 5.74) is -0.907. The Morgan fingerprint density at radius 2 is 1.88 bits per heavy atom. The Bertz CT molecular complexity index is 277. The van der Waals surface area contributed by atoms with Crippen molar-refractivity contribution >= 4 is 11.6 Å². The topological polar surface area (TPSA) is 20.2 Å². The third-order valence-electron chi connectivity index (χ3n) is 4.12. The number of halogens is 3. The molecule has 0 aromatic rings. The van der Waals surface area contributed by atoms with Crippen molar-refractivity contribution in [3.05, 3.63) is 0 Å². The Hall–Kier alpha value is 0.0700. The summed E-state index contributed by atoms with van der Waals surface area (Å²) >= 11 is 6.11. The number of hydrogen-bond acceptors (Lipinski definition) is 1. The van der Waals surface area contributed by atoms with Crippen LogP contribution in [0, 0.1) is 0 Å². The van der Waals surface area contributed by atoms with Crippen molar-refractivity contribution in [1.82, 2.24) is 0 Å². The van der Waals surface area contributed by atoms with E-state index in [-0.39, 0.29) is 31.2 Å². The van der Waals surface area contributed by atoms with Crippen LogP contribution in [-0.2, 0) is 0 Å². The zero-order valence-electron chi connectivity index (χ0n) is 9.56. The van der Waals surface area contributed by atoms with E-state index in [9.17, 15) is 13.9 Å². The summed E-state index contributed by atoms with van der Waals surface area (Å²) in [6, 6.07) is 0. The molecule has 1 heterocycles. The Kier molecular flexibility index (Phi) is 2.96. The molecule has 2 nitrogen and oxygen atoms in total. The minimum atomic E-state index is -2.58. The molecule has 1 aliphatic heterocycles. The standard InChI is InChI=1S/C11H19ClF2NO/c1-15(7-2-9(15)12)8-10(16)3-5-11(13,14)6-4-10/h9,16H,2-8H2,1H3/q+1. The van der Waals surface area contributed by atoms with Gasteiger partial charge in [0.15, 0.2) is 5.50 Å². The monoisotopic (exact) mass is 254 g/mol. The molecule has 0 bridgehead atoms. The number of hydrogen-bond donors (Lipinski definition) is 1. The van der Waals surface area contributed by atoms with Crippen LogP contribution in [0.3, 0.4) is 0 Å². The van der Waals surface area contributed by atoms with Crippen LogP contribution in [-0.4, -0.2) is 46.8 Å². The quantitative estimate of drug-likeness (QED) is 0.456. The van der Waals surface area contributed by atoms with Crippen LogP contribution in [0.2, 0.25) is 0 Å².